The van der Waals surface area contributed by atoms with E-state index in [1.165, 1.54) is 13.4 Å². The van der Waals surface area contributed by atoms with E-state index >= 15 is 0 Å². The SMILES string of the molecule is COC(=O)CC(=O)c1ccc(-n2cncn2)cc1. The molecule has 0 aliphatic rings. The lowest BCUT2D eigenvalue weighted by atomic mass is 10.1. The Hall–Kier alpha value is -2.50. The quantitative estimate of drug-likeness (QED) is 0.456. The van der Waals surface area contributed by atoms with Crippen LogP contribution in [-0.2, 0) is 9.53 Å². The highest BCUT2D eigenvalue weighted by Crippen LogP contribution is 2.10. The number of aromatic nitrogens is 3. The van der Waals surface area contributed by atoms with Crippen LogP contribution in [0.15, 0.2) is 36.9 Å². The number of methoxy groups -OCH3 is 1. The largest absolute Gasteiger partial charge is 0.469 e. The van der Waals surface area contributed by atoms with Crippen LogP contribution in [0.4, 0.5) is 0 Å². The van der Waals surface area contributed by atoms with E-state index in [4.69, 9.17) is 0 Å². The van der Waals surface area contributed by atoms with Gasteiger partial charge in [0.1, 0.15) is 19.1 Å². The molecule has 1 aromatic carbocycles. The molecule has 0 saturated carbocycles. The van der Waals surface area contributed by atoms with Crippen molar-refractivity contribution >= 4 is 11.8 Å². The number of carbonyl (C=O) groups excluding carboxylic acids is 2. The summed E-state index contributed by atoms with van der Waals surface area (Å²) in [5.74, 6) is -0.813. The maximum absolute atomic E-state index is 11.7. The van der Waals surface area contributed by atoms with Gasteiger partial charge in [-0.1, -0.05) is 0 Å². The standard InChI is InChI=1S/C12H11N3O3/c1-18-12(17)6-11(16)9-2-4-10(5-3-9)15-8-13-7-14-15/h2-5,7-8H,6H2,1H3. The van der Waals surface area contributed by atoms with E-state index in [0.717, 1.165) is 5.69 Å². The number of Topliss-reactive ketones (excluding diaryl/α,β-unsaturated/α-hetero) is 1. The number of ketones is 1. The molecule has 0 radical (unpaired) electrons. The van der Waals surface area contributed by atoms with Crippen LogP contribution in [0.5, 0.6) is 0 Å². The van der Waals surface area contributed by atoms with E-state index < -0.39 is 5.97 Å². The van der Waals surface area contributed by atoms with Crippen molar-refractivity contribution in [3.05, 3.63) is 42.5 Å². The third kappa shape index (κ3) is 2.60. The van der Waals surface area contributed by atoms with E-state index in [0.29, 0.717) is 5.56 Å². The molecule has 0 aliphatic heterocycles. The van der Waals surface area contributed by atoms with Crippen molar-refractivity contribution < 1.29 is 14.3 Å². The molecule has 0 N–H and O–H groups in total. The van der Waals surface area contributed by atoms with Gasteiger partial charge < -0.3 is 4.74 Å². The summed E-state index contributed by atoms with van der Waals surface area (Å²) >= 11 is 0. The molecule has 2 rings (SSSR count). The minimum atomic E-state index is -0.541. The van der Waals surface area contributed by atoms with Gasteiger partial charge in [0, 0.05) is 5.56 Å². The molecule has 0 unspecified atom stereocenters. The smallest absolute Gasteiger partial charge is 0.313 e. The predicted octanol–water partition coefficient (Wildman–Crippen LogP) is 1.01. The molecule has 0 bridgehead atoms. The van der Waals surface area contributed by atoms with Crippen LogP contribution in [0, 0.1) is 0 Å². The van der Waals surface area contributed by atoms with Gasteiger partial charge in [-0.25, -0.2) is 9.67 Å². The van der Waals surface area contributed by atoms with Gasteiger partial charge in [-0.3, -0.25) is 9.59 Å². The second-order valence-corrected chi connectivity index (χ2v) is 3.56. The molecular weight excluding hydrogens is 234 g/mol. The molecule has 0 amide bonds. The summed E-state index contributed by atoms with van der Waals surface area (Å²) in [6.45, 7) is 0. The van der Waals surface area contributed by atoms with Crippen LogP contribution < -0.4 is 0 Å². The number of ether oxygens (including phenoxy) is 1. The van der Waals surface area contributed by atoms with Crippen LogP contribution in [0.1, 0.15) is 16.8 Å². The summed E-state index contributed by atoms with van der Waals surface area (Å²) in [7, 11) is 1.25. The predicted molar refractivity (Wildman–Crippen MR) is 62.3 cm³/mol. The van der Waals surface area contributed by atoms with Gasteiger partial charge in [0.2, 0.25) is 0 Å². The lowest BCUT2D eigenvalue weighted by Gasteiger charge is -2.02. The van der Waals surface area contributed by atoms with Crippen molar-refractivity contribution in [3.63, 3.8) is 0 Å². The van der Waals surface area contributed by atoms with E-state index in [1.807, 2.05) is 0 Å². The number of hydrogen-bond acceptors (Lipinski definition) is 5. The average Bonchev–Trinajstić information content (AvgIpc) is 2.92. The Labute approximate surface area is 103 Å². The fourth-order valence-corrected chi connectivity index (χ4v) is 1.45. The Morgan fingerprint density at radius 3 is 2.56 bits per heavy atom. The second-order valence-electron chi connectivity index (χ2n) is 3.56. The van der Waals surface area contributed by atoms with E-state index in [-0.39, 0.29) is 12.2 Å². The lowest BCUT2D eigenvalue weighted by molar-refractivity contribution is -0.139. The first kappa shape index (κ1) is 12.0. The maximum Gasteiger partial charge on any atom is 0.313 e. The maximum atomic E-state index is 11.7. The Morgan fingerprint density at radius 2 is 2.00 bits per heavy atom. The summed E-state index contributed by atoms with van der Waals surface area (Å²) in [5.41, 5.74) is 1.26. The molecule has 0 fully saturated rings. The molecule has 0 saturated heterocycles. The molecule has 2 aromatic rings. The number of rotatable bonds is 4. The summed E-state index contributed by atoms with van der Waals surface area (Å²) in [5, 5.41) is 3.97. The van der Waals surface area contributed by atoms with Gasteiger partial charge >= 0.3 is 5.97 Å². The molecule has 0 spiro atoms. The zero-order valence-corrected chi connectivity index (χ0v) is 9.74. The van der Waals surface area contributed by atoms with E-state index in [1.54, 1.807) is 35.3 Å². The van der Waals surface area contributed by atoms with Crippen molar-refractivity contribution in [2.45, 2.75) is 6.42 Å². The van der Waals surface area contributed by atoms with Crippen molar-refractivity contribution in [2.75, 3.05) is 7.11 Å². The first-order chi connectivity index (χ1) is 8.70. The Kier molecular flexibility index (Phi) is 3.47. The summed E-state index contributed by atoms with van der Waals surface area (Å²) in [4.78, 5) is 26.5. The third-order valence-electron chi connectivity index (χ3n) is 2.41. The molecule has 0 aliphatic carbocycles. The number of benzene rings is 1. The minimum Gasteiger partial charge on any atom is -0.469 e. The molecule has 92 valence electrons. The highest BCUT2D eigenvalue weighted by atomic mass is 16.5. The highest BCUT2D eigenvalue weighted by molar-refractivity contribution is 6.05. The lowest BCUT2D eigenvalue weighted by Crippen LogP contribution is -2.09. The van der Waals surface area contributed by atoms with Gasteiger partial charge in [0.25, 0.3) is 0 Å². The van der Waals surface area contributed by atoms with Gasteiger partial charge in [0.15, 0.2) is 5.78 Å². The Bertz CT molecular complexity index is 546. The normalized spacial score (nSPS) is 10.1. The van der Waals surface area contributed by atoms with Crippen molar-refractivity contribution in [1.82, 2.24) is 14.8 Å². The van der Waals surface area contributed by atoms with Crippen molar-refractivity contribution in [3.8, 4) is 5.69 Å². The zero-order chi connectivity index (χ0) is 13.0. The monoisotopic (exact) mass is 245 g/mol. The van der Waals surface area contributed by atoms with Crippen LogP contribution in [0.25, 0.3) is 5.69 Å². The van der Waals surface area contributed by atoms with Crippen LogP contribution in [-0.4, -0.2) is 33.6 Å². The van der Waals surface area contributed by atoms with Crippen LogP contribution in [0.2, 0.25) is 0 Å². The number of carbonyl (C=O) groups is 2. The molecule has 6 heteroatoms. The van der Waals surface area contributed by atoms with E-state index in [9.17, 15) is 9.59 Å². The highest BCUT2D eigenvalue weighted by Gasteiger charge is 2.11. The molecule has 1 heterocycles. The Balaban J connectivity index is 2.13. The Morgan fingerprint density at radius 1 is 1.28 bits per heavy atom. The number of hydrogen-bond donors (Lipinski definition) is 0. The molecule has 0 atom stereocenters. The van der Waals surface area contributed by atoms with Gasteiger partial charge in [-0.2, -0.15) is 5.10 Å². The molecule has 6 nitrogen and oxygen atoms in total. The van der Waals surface area contributed by atoms with Crippen LogP contribution >= 0.6 is 0 Å². The van der Waals surface area contributed by atoms with Gasteiger partial charge in [-0.15, -0.1) is 0 Å². The third-order valence-corrected chi connectivity index (χ3v) is 2.41. The minimum absolute atomic E-state index is 0.251. The summed E-state index contributed by atoms with van der Waals surface area (Å²) in [6, 6.07) is 6.75. The summed E-state index contributed by atoms with van der Waals surface area (Å²) < 4.78 is 6.02. The molecule has 1 aromatic heterocycles. The van der Waals surface area contributed by atoms with Crippen molar-refractivity contribution in [2.24, 2.45) is 0 Å². The zero-order valence-electron chi connectivity index (χ0n) is 9.74. The first-order valence-electron chi connectivity index (χ1n) is 5.26. The van der Waals surface area contributed by atoms with Gasteiger partial charge in [-0.05, 0) is 24.3 Å². The summed E-state index contributed by atoms with van der Waals surface area (Å²) in [6.07, 6.45) is 2.74. The fourth-order valence-electron chi connectivity index (χ4n) is 1.45. The average molecular weight is 245 g/mol. The van der Waals surface area contributed by atoms with Gasteiger partial charge in [0.05, 0.1) is 12.8 Å². The molecule has 18 heavy (non-hydrogen) atoms. The first-order valence-corrected chi connectivity index (χ1v) is 5.26. The van der Waals surface area contributed by atoms with E-state index in [2.05, 4.69) is 14.8 Å². The fraction of sp³-hybridized carbons (Fsp3) is 0.167. The topological polar surface area (TPSA) is 74.1 Å². The number of nitrogens with zero attached hydrogens (tertiary/aromatic N) is 3. The number of esters is 1. The molecular formula is C12H11N3O3. The van der Waals surface area contributed by atoms with Crippen molar-refractivity contribution in [1.29, 1.82) is 0 Å². The second kappa shape index (κ2) is 5.22. The van der Waals surface area contributed by atoms with Crippen LogP contribution in [0.3, 0.4) is 0 Å².